The van der Waals surface area contributed by atoms with E-state index >= 15 is 0 Å². The Morgan fingerprint density at radius 3 is 2.50 bits per heavy atom. The summed E-state index contributed by atoms with van der Waals surface area (Å²) in [5.41, 5.74) is 3.61. The first-order chi connectivity index (χ1) is 15.3. The zero-order valence-corrected chi connectivity index (χ0v) is 18.9. The second-order valence-electron chi connectivity index (χ2n) is 8.49. The average Bonchev–Trinajstić information content (AvgIpc) is 3.23. The van der Waals surface area contributed by atoms with Crippen molar-refractivity contribution in [2.24, 2.45) is 0 Å². The van der Waals surface area contributed by atoms with Crippen LogP contribution in [-0.2, 0) is 9.59 Å². The fourth-order valence-corrected chi connectivity index (χ4v) is 4.38. The number of likely N-dealkylation sites (tertiary alicyclic amines) is 1. The molecule has 166 valence electrons. The zero-order chi connectivity index (χ0) is 23.0. The quantitative estimate of drug-likeness (QED) is 0.367. The number of carbonyl (C=O) groups excluding carboxylic acids is 2. The molecule has 7 nitrogen and oxygen atoms in total. The Balaban J connectivity index is 1.88. The Kier molecular flexibility index (Phi) is 5.84. The molecule has 0 aliphatic carbocycles. The highest BCUT2D eigenvalue weighted by atomic mass is 16.3. The van der Waals surface area contributed by atoms with Gasteiger partial charge in [-0.2, -0.15) is 0 Å². The summed E-state index contributed by atoms with van der Waals surface area (Å²) in [6.45, 7) is 4.95. The first-order valence-corrected chi connectivity index (χ1v) is 10.7. The number of hydrogen-bond donors (Lipinski definition) is 1. The Bertz CT molecular complexity index is 1210. The van der Waals surface area contributed by atoms with Crippen molar-refractivity contribution in [1.82, 2.24) is 19.2 Å². The maximum Gasteiger partial charge on any atom is 0.295 e. The topological polar surface area (TPSA) is 78.1 Å². The van der Waals surface area contributed by atoms with E-state index in [-0.39, 0.29) is 11.3 Å². The van der Waals surface area contributed by atoms with E-state index in [4.69, 9.17) is 0 Å². The molecule has 3 aromatic rings. The fourth-order valence-electron chi connectivity index (χ4n) is 4.38. The monoisotopic (exact) mass is 432 g/mol. The molecular weight excluding hydrogens is 404 g/mol. The van der Waals surface area contributed by atoms with Gasteiger partial charge in [-0.1, -0.05) is 36.4 Å². The molecule has 3 heterocycles. The molecule has 0 spiro atoms. The third kappa shape index (κ3) is 3.69. The largest absolute Gasteiger partial charge is 0.505 e. The van der Waals surface area contributed by atoms with Crippen LogP contribution in [-0.4, -0.2) is 63.2 Å². The van der Waals surface area contributed by atoms with Crippen molar-refractivity contribution in [3.63, 3.8) is 0 Å². The highest BCUT2D eigenvalue weighted by Gasteiger charge is 2.46. The lowest BCUT2D eigenvalue weighted by Gasteiger charge is -2.26. The molecule has 32 heavy (non-hydrogen) atoms. The zero-order valence-electron chi connectivity index (χ0n) is 18.9. The lowest BCUT2D eigenvalue weighted by Crippen LogP contribution is -2.32. The summed E-state index contributed by atoms with van der Waals surface area (Å²) in [5, 5.41) is 11.4. The maximum absolute atomic E-state index is 13.2. The summed E-state index contributed by atoms with van der Waals surface area (Å²) in [5.74, 6) is -1.44. The van der Waals surface area contributed by atoms with Crippen LogP contribution in [0.15, 0.2) is 54.2 Å². The number of nitrogens with zero attached hydrogens (tertiary/aromatic N) is 4. The van der Waals surface area contributed by atoms with E-state index in [2.05, 4.69) is 4.98 Å². The number of rotatable bonds is 6. The van der Waals surface area contributed by atoms with Gasteiger partial charge in [0.05, 0.1) is 17.3 Å². The first kappa shape index (κ1) is 21.8. The first-order valence-electron chi connectivity index (χ1n) is 10.7. The molecule has 1 unspecified atom stereocenters. The second-order valence-corrected chi connectivity index (χ2v) is 8.49. The Morgan fingerprint density at radius 1 is 1.09 bits per heavy atom. The number of aromatic nitrogens is 2. The van der Waals surface area contributed by atoms with Crippen molar-refractivity contribution in [3.05, 3.63) is 76.7 Å². The van der Waals surface area contributed by atoms with Gasteiger partial charge in [-0.05, 0) is 58.1 Å². The molecule has 1 saturated heterocycles. The SMILES string of the molecule is Cc1nc2c(C)cccn2c1/C(O)=C1/C(=O)C(=O)N(CCCN(C)C)C1c1ccccc1. The molecule has 1 fully saturated rings. The van der Waals surface area contributed by atoms with Crippen molar-refractivity contribution in [3.8, 4) is 0 Å². The number of fused-ring (bicyclic) bond motifs is 1. The number of amides is 1. The standard InChI is InChI=1S/C25H28N4O3/c1-16-10-8-14-28-20(17(2)26-24(16)28)22(30)19-21(18-11-6-5-7-12-18)29(25(32)23(19)31)15-9-13-27(3)4/h5-8,10-12,14,21,30H,9,13,15H2,1-4H3/b22-19-. The highest BCUT2D eigenvalue weighted by molar-refractivity contribution is 6.46. The van der Waals surface area contributed by atoms with Crippen LogP contribution in [0.1, 0.15) is 35.0 Å². The fraction of sp³-hybridized carbons (Fsp3) is 0.320. The summed E-state index contributed by atoms with van der Waals surface area (Å²) in [4.78, 5) is 34.5. The predicted molar refractivity (Wildman–Crippen MR) is 123 cm³/mol. The molecule has 1 atom stereocenters. The molecular formula is C25H28N4O3. The predicted octanol–water partition coefficient (Wildman–Crippen LogP) is 3.32. The molecule has 1 N–H and O–H groups in total. The molecule has 0 saturated carbocycles. The third-order valence-electron chi connectivity index (χ3n) is 5.90. The molecule has 1 amide bonds. The molecule has 1 aliphatic heterocycles. The van der Waals surface area contributed by atoms with E-state index in [1.165, 1.54) is 0 Å². The number of imidazole rings is 1. The number of carbonyl (C=O) groups is 2. The Morgan fingerprint density at radius 2 is 1.81 bits per heavy atom. The van der Waals surface area contributed by atoms with Gasteiger partial charge in [0.25, 0.3) is 11.7 Å². The lowest BCUT2D eigenvalue weighted by atomic mass is 9.96. The molecule has 7 heteroatoms. The summed E-state index contributed by atoms with van der Waals surface area (Å²) in [7, 11) is 3.94. The van der Waals surface area contributed by atoms with Crippen LogP contribution in [0.25, 0.3) is 11.4 Å². The highest BCUT2D eigenvalue weighted by Crippen LogP contribution is 2.40. The van der Waals surface area contributed by atoms with Crippen molar-refractivity contribution < 1.29 is 14.7 Å². The van der Waals surface area contributed by atoms with Gasteiger partial charge in [-0.15, -0.1) is 0 Å². The second kappa shape index (κ2) is 8.59. The smallest absolute Gasteiger partial charge is 0.295 e. The van der Waals surface area contributed by atoms with Gasteiger partial charge in [0, 0.05) is 12.7 Å². The maximum atomic E-state index is 13.2. The van der Waals surface area contributed by atoms with Crippen LogP contribution in [0.2, 0.25) is 0 Å². The van der Waals surface area contributed by atoms with Crippen molar-refractivity contribution in [2.75, 3.05) is 27.2 Å². The Hall–Kier alpha value is -3.45. The van der Waals surface area contributed by atoms with Crippen molar-refractivity contribution >= 4 is 23.1 Å². The number of aliphatic hydroxyl groups excluding tert-OH is 1. The van der Waals surface area contributed by atoms with E-state index < -0.39 is 17.7 Å². The molecule has 4 rings (SSSR count). The van der Waals surface area contributed by atoms with Gasteiger partial charge < -0.3 is 14.9 Å². The minimum absolute atomic E-state index is 0.109. The van der Waals surface area contributed by atoms with Gasteiger partial charge in [0.15, 0.2) is 5.76 Å². The van der Waals surface area contributed by atoms with Crippen molar-refractivity contribution in [1.29, 1.82) is 0 Å². The normalized spacial score (nSPS) is 18.3. The van der Waals surface area contributed by atoms with E-state index in [1.54, 1.807) is 16.2 Å². The minimum atomic E-state index is -0.664. The summed E-state index contributed by atoms with van der Waals surface area (Å²) < 4.78 is 1.78. The number of ketones is 1. The molecule has 1 aliphatic rings. The van der Waals surface area contributed by atoms with Crippen LogP contribution in [0, 0.1) is 13.8 Å². The number of hydrogen-bond acceptors (Lipinski definition) is 5. The lowest BCUT2D eigenvalue weighted by molar-refractivity contribution is -0.139. The number of Topliss-reactive ketones (excluding diaryl/α,β-unsaturated/α-hetero) is 1. The van der Waals surface area contributed by atoms with E-state index in [0.717, 1.165) is 24.1 Å². The van der Waals surface area contributed by atoms with Gasteiger partial charge in [0.2, 0.25) is 0 Å². The number of benzene rings is 1. The van der Waals surface area contributed by atoms with Crippen LogP contribution in [0.5, 0.6) is 0 Å². The minimum Gasteiger partial charge on any atom is -0.505 e. The summed E-state index contributed by atoms with van der Waals surface area (Å²) in [6.07, 6.45) is 2.53. The van der Waals surface area contributed by atoms with Crippen LogP contribution < -0.4 is 0 Å². The van der Waals surface area contributed by atoms with Gasteiger partial charge in [0.1, 0.15) is 11.3 Å². The Labute approximate surface area is 187 Å². The van der Waals surface area contributed by atoms with E-state index in [1.807, 2.05) is 74.6 Å². The molecule has 1 aromatic carbocycles. The van der Waals surface area contributed by atoms with Crippen LogP contribution >= 0.6 is 0 Å². The summed E-state index contributed by atoms with van der Waals surface area (Å²) >= 11 is 0. The number of pyridine rings is 1. The number of aryl methyl sites for hydroxylation is 2. The van der Waals surface area contributed by atoms with Gasteiger partial charge >= 0.3 is 0 Å². The third-order valence-corrected chi connectivity index (χ3v) is 5.90. The average molecular weight is 433 g/mol. The van der Waals surface area contributed by atoms with Gasteiger partial charge in [-0.25, -0.2) is 4.98 Å². The number of aliphatic hydroxyl groups is 1. The van der Waals surface area contributed by atoms with E-state index in [9.17, 15) is 14.7 Å². The van der Waals surface area contributed by atoms with Crippen molar-refractivity contribution in [2.45, 2.75) is 26.3 Å². The molecule has 0 bridgehead atoms. The molecule has 0 radical (unpaired) electrons. The van der Waals surface area contributed by atoms with Crippen LogP contribution in [0.4, 0.5) is 0 Å². The van der Waals surface area contributed by atoms with Crippen LogP contribution in [0.3, 0.4) is 0 Å². The molecule has 2 aromatic heterocycles. The van der Waals surface area contributed by atoms with Gasteiger partial charge in [-0.3, -0.25) is 14.0 Å². The van der Waals surface area contributed by atoms with E-state index in [0.29, 0.717) is 23.6 Å². The summed E-state index contributed by atoms with van der Waals surface area (Å²) in [6, 6.07) is 12.6.